The molecule has 0 saturated heterocycles. The fraction of sp³-hybridized carbons (Fsp3) is 0.125. The number of thiocarbonyl (C=S) groups is 1. The van der Waals surface area contributed by atoms with Gasteiger partial charge in [-0.2, -0.15) is 0 Å². The van der Waals surface area contributed by atoms with Crippen molar-refractivity contribution in [3.63, 3.8) is 0 Å². The van der Waals surface area contributed by atoms with Gasteiger partial charge in [-0.05, 0) is 67.5 Å². The van der Waals surface area contributed by atoms with E-state index < -0.39 is 5.97 Å². The molecule has 4 N–H and O–H groups in total. The van der Waals surface area contributed by atoms with Crippen LogP contribution in [0.3, 0.4) is 0 Å². The number of aryl methyl sites for hydroxylation is 2. The van der Waals surface area contributed by atoms with Crippen LogP contribution in [0.1, 0.15) is 21.5 Å². The average Bonchev–Trinajstić information content (AvgIpc) is 2.49. The van der Waals surface area contributed by atoms with E-state index >= 15 is 0 Å². The summed E-state index contributed by atoms with van der Waals surface area (Å²) in [5.41, 5.74) is 9.93. The van der Waals surface area contributed by atoms with E-state index in [1.807, 2.05) is 32.0 Å². The number of carboxylic acid groups (broad SMARTS) is 1. The lowest BCUT2D eigenvalue weighted by Crippen LogP contribution is -2.33. The van der Waals surface area contributed by atoms with Gasteiger partial charge in [0.2, 0.25) is 0 Å². The second kappa shape index (κ2) is 6.91. The molecule has 2 aromatic carbocycles. The Hall–Kier alpha value is -2.60. The molecule has 0 atom stereocenters. The summed E-state index contributed by atoms with van der Waals surface area (Å²) in [4.78, 5) is 10.8. The third-order valence-corrected chi connectivity index (χ3v) is 3.30. The van der Waals surface area contributed by atoms with E-state index in [0.29, 0.717) is 5.11 Å². The molecular weight excluding hydrogens is 298 g/mol. The molecule has 5 nitrogen and oxygen atoms in total. The number of aromatic carboxylic acids is 1. The number of nitrogens with one attached hydrogen (secondary N) is 3. The highest BCUT2D eigenvalue weighted by Crippen LogP contribution is 2.16. The molecule has 114 valence electrons. The summed E-state index contributed by atoms with van der Waals surface area (Å²) in [6, 6.07) is 12.5. The average molecular weight is 315 g/mol. The Morgan fingerprint density at radius 1 is 1.09 bits per heavy atom. The quantitative estimate of drug-likeness (QED) is 0.512. The van der Waals surface area contributed by atoms with Crippen LogP contribution in [0.5, 0.6) is 0 Å². The van der Waals surface area contributed by atoms with Crippen LogP contribution in [0.4, 0.5) is 11.4 Å². The summed E-state index contributed by atoms with van der Waals surface area (Å²) >= 11 is 5.23. The van der Waals surface area contributed by atoms with Crippen molar-refractivity contribution in [1.82, 2.24) is 5.43 Å². The van der Waals surface area contributed by atoms with Gasteiger partial charge in [0.15, 0.2) is 5.11 Å². The predicted octanol–water partition coefficient (Wildman–Crippen LogP) is 3.32. The van der Waals surface area contributed by atoms with Gasteiger partial charge in [0.1, 0.15) is 0 Å². The van der Waals surface area contributed by atoms with Crippen LogP contribution >= 0.6 is 12.2 Å². The van der Waals surface area contributed by atoms with E-state index in [1.54, 1.807) is 12.1 Å². The standard InChI is InChI=1S/C16H17N3O2S/c1-10-3-4-11(2)14(9-10)17-16(22)19-18-13-7-5-12(6-8-13)15(20)21/h3-9,18H,1-2H3,(H,20,21)(H2,17,19,22). The van der Waals surface area contributed by atoms with Gasteiger partial charge < -0.3 is 10.4 Å². The third-order valence-electron chi connectivity index (χ3n) is 3.09. The zero-order chi connectivity index (χ0) is 16.1. The number of hydrazine groups is 1. The minimum atomic E-state index is -0.952. The molecular formula is C16H17N3O2S. The topological polar surface area (TPSA) is 73.4 Å². The molecule has 2 rings (SSSR count). The third kappa shape index (κ3) is 4.20. The molecule has 6 heteroatoms. The van der Waals surface area contributed by atoms with Gasteiger partial charge in [-0.1, -0.05) is 12.1 Å². The Morgan fingerprint density at radius 2 is 1.77 bits per heavy atom. The number of hydrogen-bond donors (Lipinski definition) is 4. The van der Waals surface area contributed by atoms with E-state index in [9.17, 15) is 4.79 Å². The normalized spacial score (nSPS) is 9.91. The zero-order valence-corrected chi connectivity index (χ0v) is 13.1. The fourth-order valence-electron chi connectivity index (χ4n) is 1.85. The van der Waals surface area contributed by atoms with Gasteiger partial charge in [0.25, 0.3) is 0 Å². The number of carbonyl (C=O) groups is 1. The number of benzene rings is 2. The Bertz CT molecular complexity index is 699. The zero-order valence-electron chi connectivity index (χ0n) is 12.3. The van der Waals surface area contributed by atoms with E-state index in [0.717, 1.165) is 22.5 Å². The van der Waals surface area contributed by atoms with Crippen molar-refractivity contribution >= 4 is 34.7 Å². The number of rotatable bonds is 4. The van der Waals surface area contributed by atoms with Gasteiger partial charge in [0.05, 0.1) is 11.3 Å². The number of hydrogen-bond acceptors (Lipinski definition) is 3. The van der Waals surface area contributed by atoms with Crippen molar-refractivity contribution in [1.29, 1.82) is 0 Å². The van der Waals surface area contributed by atoms with Crippen LogP contribution in [0.25, 0.3) is 0 Å². The van der Waals surface area contributed by atoms with Crippen LogP contribution < -0.4 is 16.2 Å². The van der Waals surface area contributed by atoms with Crippen LogP contribution in [0.2, 0.25) is 0 Å². The number of carboxylic acids is 1. The van der Waals surface area contributed by atoms with E-state index in [4.69, 9.17) is 17.3 Å². The molecule has 2 aromatic rings. The fourth-order valence-corrected chi connectivity index (χ4v) is 2.01. The van der Waals surface area contributed by atoms with Gasteiger partial charge in [-0.3, -0.25) is 10.9 Å². The predicted molar refractivity (Wildman–Crippen MR) is 92.3 cm³/mol. The van der Waals surface area contributed by atoms with Crippen molar-refractivity contribution in [2.45, 2.75) is 13.8 Å². The molecule has 0 spiro atoms. The maximum Gasteiger partial charge on any atom is 0.335 e. The van der Waals surface area contributed by atoms with Gasteiger partial charge in [-0.15, -0.1) is 0 Å². The van der Waals surface area contributed by atoms with E-state index in [-0.39, 0.29) is 5.56 Å². The minimum absolute atomic E-state index is 0.238. The minimum Gasteiger partial charge on any atom is -0.478 e. The van der Waals surface area contributed by atoms with Crippen molar-refractivity contribution in [2.24, 2.45) is 0 Å². The molecule has 0 radical (unpaired) electrons. The van der Waals surface area contributed by atoms with E-state index in [1.165, 1.54) is 12.1 Å². The first-order valence-corrected chi connectivity index (χ1v) is 7.10. The Morgan fingerprint density at radius 3 is 2.41 bits per heavy atom. The second-order valence-electron chi connectivity index (χ2n) is 4.91. The maximum atomic E-state index is 10.8. The van der Waals surface area contributed by atoms with Crippen molar-refractivity contribution < 1.29 is 9.90 Å². The van der Waals surface area contributed by atoms with Gasteiger partial charge >= 0.3 is 5.97 Å². The van der Waals surface area contributed by atoms with E-state index in [2.05, 4.69) is 16.2 Å². The van der Waals surface area contributed by atoms with Crippen LogP contribution in [0.15, 0.2) is 42.5 Å². The van der Waals surface area contributed by atoms with Gasteiger partial charge in [-0.25, -0.2) is 4.79 Å². The Kier molecular flexibility index (Phi) is 4.95. The second-order valence-corrected chi connectivity index (χ2v) is 5.31. The van der Waals surface area contributed by atoms with Crippen molar-refractivity contribution in [3.8, 4) is 0 Å². The van der Waals surface area contributed by atoms with Crippen LogP contribution in [-0.4, -0.2) is 16.2 Å². The SMILES string of the molecule is Cc1ccc(C)c(NC(=S)NNc2ccc(C(=O)O)cc2)c1. The monoisotopic (exact) mass is 315 g/mol. The molecule has 0 unspecified atom stereocenters. The Labute approximate surface area is 134 Å². The lowest BCUT2D eigenvalue weighted by atomic mass is 10.1. The molecule has 0 aliphatic rings. The molecule has 0 heterocycles. The largest absolute Gasteiger partial charge is 0.478 e. The maximum absolute atomic E-state index is 10.8. The number of anilines is 2. The van der Waals surface area contributed by atoms with Crippen LogP contribution in [0, 0.1) is 13.8 Å². The van der Waals surface area contributed by atoms with Crippen molar-refractivity contribution in [3.05, 3.63) is 59.2 Å². The molecule has 22 heavy (non-hydrogen) atoms. The Balaban J connectivity index is 1.92. The molecule has 0 aliphatic heterocycles. The smallest absolute Gasteiger partial charge is 0.335 e. The highest BCUT2D eigenvalue weighted by atomic mass is 32.1. The molecule has 0 aromatic heterocycles. The summed E-state index contributed by atoms with van der Waals surface area (Å²) in [7, 11) is 0. The first kappa shape index (κ1) is 15.8. The molecule has 0 aliphatic carbocycles. The molecule has 0 fully saturated rings. The van der Waals surface area contributed by atoms with Gasteiger partial charge in [0, 0.05) is 5.69 Å². The first-order chi connectivity index (χ1) is 10.5. The highest BCUT2D eigenvalue weighted by molar-refractivity contribution is 7.80. The molecule has 0 amide bonds. The molecule has 0 saturated carbocycles. The lowest BCUT2D eigenvalue weighted by molar-refractivity contribution is 0.0697. The molecule has 0 bridgehead atoms. The first-order valence-electron chi connectivity index (χ1n) is 6.69. The van der Waals surface area contributed by atoms with Crippen LogP contribution in [-0.2, 0) is 0 Å². The highest BCUT2D eigenvalue weighted by Gasteiger charge is 2.03. The summed E-state index contributed by atoms with van der Waals surface area (Å²) in [6.45, 7) is 4.02. The summed E-state index contributed by atoms with van der Waals surface area (Å²) in [5.74, 6) is -0.952. The van der Waals surface area contributed by atoms with Crippen molar-refractivity contribution in [2.75, 3.05) is 10.7 Å². The lowest BCUT2D eigenvalue weighted by Gasteiger charge is -2.14. The summed E-state index contributed by atoms with van der Waals surface area (Å²) in [6.07, 6.45) is 0. The summed E-state index contributed by atoms with van der Waals surface area (Å²) < 4.78 is 0. The summed E-state index contributed by atoms with van der Waals surface area (Å²) in [5, 5.41) is 12.4.